The predicted molar refractivity (Wildman–Crippen MR) is 141 cm³/mol. The van der Waals surface area contributed by atoms with Gasteiger partial charge in [-0.1, -0.05) is 0 Å². The van der Waals surface area contributed by atoms with E-state index in [0.717, 1.165) is 54.2 Å². The highest BCUT2D eigenvalue weighted by atomic mass is 32.1. The molecule has 0 unspecified atom stereocenters. The second kappa shape index (κ2) is 8.45. The molecule has 33 heavy (non-hydrogen) atoms. The summed E-state index contributed by atoms with van der Waals surface area (Å²) in [5.74, 6) is -0.0736. The molecule has 2 N–H and O–H groups in total. The van der Waals surface area contributed by atoms with Crippen LogP contribution in [0.4, 0.5) is 0 Å². The smallest absolute Gasteiger partial charge is 0.251 e. The number of carbonyl (C=O) groups is 2. The van der Waals surface area contributed by atoms with Gasteiger partial charge in [-0.05, 0) is 117 Å². The number of hydrogen-bond acceptors (Lipinski definition) is 3. The van der Waals surface area contributed by atoms with E-state index < -0.39 is 0 Å². The third-order valence-electron chi connectivity index (χ3n) is 6.58. The van der Waals surface area contributed by atoms with Crippen molar-refractivity contribution in [2.45, 2.75) is 67.5 Å². The van der Waals surface area contributed by atoms with Gasteiger partial charge in [0, 0.05) is 38.7 Å². The van der Waals surface area contributed by atoms with Gasteiger partial charge in [0.25, 0.3) is 11.8 Å². The number of hydrogen-bond donors (Lipinski definition) is 2. The quantitative estimate of drug-likeness (QED) is 0.332. The Kier molecular flexibility index (Phi) is 5.95. The van der Waals surface area contributed by atoms with Crippen LogP contribution in [0.5, 0.6) is 0 Å². The molecular weight excluding hydrogens is 428 g/mol. The normalized spacial score (nSPS) is 11.8. The number of carbonyl (C=O) groups excluding carboxylic acids is 2. The first-order valence-corrected chi connectivity index (χ1v) is 12.4. The van der Waals surface area contributed by atoms with Gasteiger partial charge in [0.2, 0.25) is 0 Å². The average Bonchev–Trinajstić information content (AvgIpc) is 3.21. The predicted octanol–water partition coefficient (Wildman–Crippen LogP) is 6.72. The van der Waals surface area contributed by atoms with Gasteiger partial charge < -0.3 is 10.6 Å². The van der Waals surface area contributed by atoms with Gasteiger partial charge in [-0.15, -0.1) is 11.3 Å². The van der Waals surface area contributed by atoms with Gasteiger partial charge in [-0.3, -0.25) is 9.59 Å². The fraction of sp³-hybridized carbons (Fsp3) is 0.357. The van der Waals surface area contributed by atoms with Crippen molar-refractivity contribution in [2.75, 3.05) is 0 Å². The molecule has 0 atom stereocenters. The Hall–Kier alpha value is -2.92. The number of rotatable bonds is 4. The fourth-order valence-electron chi connectivity index (χ4n) is 4.75. The van der Waals surface area contributed by atoms with Crippen molar-refractivity contribution in [3.8, 4) is 0 Å². The van der Waals surface area contributed by atoms with Crippen LogP contribution in [0.25, 0.3) is 31.6 Å². The molecule has 3 aromatic carbocycles. The molecule has 0 saturated heterocycles. The average molecular weight is 461 g/mol. The van der Waals surface area contributed by atoms with Gasteiger partial charge >= 0.3 is 0 Å². The summed E-state index contributed by atoms with van der Waals surface area (Å²) in [7, 11) is 0. The van der Waals surface area contributed by atoms with E-state index in [1.807, 2.05) is 41.5 Å². The van der Waals surface area contributed by atoms with Gasteiger partial charge in [-0.2, -0.15) is 0 Å². The third kappa shape index (κ3) is 3.78. The molecule has 0 spiro atoms. The molecule has 172 valence electrons. The monoisotopic (exact) mass is 460 g/mol. The lowest BCUT2D eigenvalue weighted by Crippen LogP contribution is -2.31. The third-order valence-corrected chi connectivity index (χ3v) is 7.53. The summed E-state index contributed by atoms with van der Waals surface area (Å²) in [6.45, 7) is 16.2. The zero-order valence-corrected chi connectivity index (χ0v) is 21.5. The van der Waals surface area contributed by atoms with Crippen LogP contribution in [0.15, 0.2) is 23.6 Å². The van der Waals surface area contributed by atoms with Gasteiger partial charge in [0.05, 0.1) is 0 Å². The first kappa shape index (κ1) is 23.2. The van der Waals surface area contributed by atoms with Gasteiger partial charge in [-0.25, -0.2) is 0 Å². The summed E-state index contributed by atoms with van der Waals surface area (Å²) in [5.41, 5.74) is 5.67. The SMILES string of the molecule is Cc1c(C(=O)NC(C)C)cc2c3ccsc3c3cc(C(=O)NC(C)C)c(C)c(C)c3c2c1C. The highest BCUT2D eigenvalue weighted by Gasteiger charge is 2.22. The Bertz CT molecular complexity index is 1340. The zero-order chi connectivity index (χ0) is 24.2. The topological polar surface area (TPSA) is 58.2 Å². The van der Waals surface area contributed by atoms with Crippen LogP contribution in [-0.2, 0) is 0 Å². The van der Waals surface area contributed by atoms with Gasteiger partial charge in [0.1, 0.15) is 0 Å². The van der Waals surface area contributed by atoms with Crippen molar-refractivity contribution in [1.82, 2.24) is 10.6 Å². The van der Waals surface area contributed by atoms with Crippen molar-refractivity contribution in [1.29, 1.82) is 0 Å². The maximum atomic E-state index is 13.0. The number of benzene rings is 3. The lowest BCUT2D eigenvalue weighted by atomic mass is 9.86. The van der Waals surface area contributed by atoms with E-state index in [-0.39, 0.29) is 23.9 Å². The molecule has 1 aromatic heterocycles. The van der Waals surface area contributed by atoms with Crippen molar-refractivity contribution >= 4 is 54.8 Å². The molecule has 0 aliphatic carbocycles. The van der Waals surface area contributed by atoms with Crippen LogP contribution in [0.1, 0.15) is 70.7 Å². The van der Waals surface area contributed by atoms with E-state index in [2.05, 4.69) is 48.1 Å². The molecule has 0 aliphatic heterocycles. The Balaban J connectivity index is 2.14. The van der Waals surface area contributed by atoms with E-state index in [0.29, 0.717) is 0 Å². The Labute approximate surface area is 199 Å². The van der Waals surface area contributed by atoms with Gasteiger partial charge in [0.15, 0.2) is 0 Å². The van der Waals surface area contributed by atoms with E-state index in [9.17, 15) is 9.59 Å². The maximum Gasteiger partial charge on any atom is 0.251 e. The fourth-order valence-corrected chi connectivity index (χ4v) is 5.68. The summed E-state index contributed by atoms with van der Waals surface area (Å²) in [6.07, 6.45) is 0. The number of aryl methyl sites for hydroxylation is 2. The molecule has 4 nitrogen and oxygen atoms in total. The highest BCUT2D eigenvalue weighted by molar-refractivity contribution is 7.18. The molecular formula is C28H32N2O2S. The molecule has 4 aromatic rings. The first-order chi connectivity index (χ1) is 15.5. The summed E-state index contributed by atoms with van der Waals surface area (Å²) >= 11 is 1.68. The largest absolute Gasteiger partial charge is 0.350 e. The van der Waals surface area contributed by atoms with E-state index in [4.69, 9.17) is 0 Å². The molecule has 0 bridgehead atoms. The molecule has 0 radical (unpaired) electrons. The molecule has 0 saturated carbocycles. The minimum absolute atomic E-state index is 0.0362. The van der Waals surface area contributed by atoms with Crippen LogP contribution in [-0.4, -0.2) is 23.9 Å². The minimum atomic E-state index is -0.0374. The second-order valence-corrected chi connectivity index (χ2v) is 10.5. The Morgan fingerprint density at radius 3 is 1.64 bits per heavy atom. The molecule has 2 amide bonds. The lowest BCUT2D eigenvalue weighted by Gasteiger charge is -2.20. The van der Waals surface area contributed by atoms with Crippen LogP contribution < -0.4 is 10.6 Å². The molecule has 5 heteroatoms. The lowest BCUT2D eigenvalue weighted by molar-refractivity contribution is 0.0934. The summed E-state index contributed by atoms with van der Waals surface area (Å²) < 4.78 is 1.15. The van der Waals surface area contributed by atoms with Crippen LogP contribution in [0.3, 0.4) is 0 Å². The Morgan fingerprint density at radius 2 is 1.15 bits per heavy atom. The number of fused-ring (bicyclic) bond motifs is 6. The molecule has 4 rings (SSSR count). The van der Waals surface area contributed by atoms with Crippen LogP contribution in [0, 0.1) is 27.7 Å². The van der Waals surface area contributed by atoms with E-state index in [1.165, 1.54) is 10.8 Å². The Morgan fingerprint density at radius 1 is 0.697 bits per heavy atom. The number of nitrogens with one attached hydrogen (secondary N) is 2. The number of amides is 2. The summed E-state index contributed by atoms with van der Waals surface area (Å²) in [5, 5.41) is 13.9. The van der Waals surface area contributed by atoms with Crippen LogP contribution >= 0.6 is 11.3 Å². The zero-order valence-electron chi connectivity index (χ0n) is 20.7. The van der Waals surface area contributed by atoms with Crippen molar-refractivity contribution in [2.24, 2.45) is 0 Å². The van der Waals surface area contributed by atoms with Crippen molar-refractivity contribution in [3.63, 3.8) is 0 Å². The standard InChI is InChI=1S/C28H32N2O2S/c1-13(2)29-27(31)20-11-22-19-9-10-33-26(19)23-12-21(28(32)30-14(3)4)16(6)18(8)25(23)24(22)17(7)15(20)5/h9-14H,1-8H3,(H,29,31)(H,30,32). The molecule has 1 heterocycles. The second-order valence-electron chi connectivity index (χ2n) is 9.61. The molecule has 0 aliphatic rings. The number of thiophene rings is 1. The van der Waals surface area contributed by atoms with E-state index >= 15 is 0 Å². The summed E-state index contributed by atoms with van der Waals surface area (Å²) in [6, 6.07) is 6.39. The maximum absolute atomic E-state index is 13.0. The van der Waals surface area contributed by atoms with Crippen LogP contribution in [0.2, 0.25) is 0 Å². The first-order valence-electron chi connectivity index (χ1n) is 11.5. The molecule has 0 fully saturated rings. The van der Waals surface area contributed by atoms with Crippen molar-refractivity contribution < 1.29 is 9.59 Å². The minimum Gasteiger partial charge on any atom is -0.350 e. The van der Waals surface area contributed by atoms with E-state index in [1.54, 1.807) is 11.3 Å². The highest BCUT2D eigenvalue weighted by Crippen LogP contribution is 2.43. The van der Waals surface area contributed by atoms with Crippen molar-refractivity contribution in [3.05, 3.63) is 57.0 Å². The summed E-state index contributed by atoms with van der Waals surface area (Å²) in [4.78, 5) is 26.0.